The molecule has 0 aliphatic carbocycles. The van der Waals surface area contributed by atoms with Crippen molar-refractivity contribution in [1.29, 1.82) is 5.26 Å². The average molecular weight is 327 g/mol. The summed E-state index contributed by atoms with van der Waals surface area (Å²) in [6, 6.07) is 5.36. The van der Waals surface area contributed by atoms with Crippen molar-refractivity contribution < 1.29 is 13.0 Å². The lowest BCUT2D eigenvalue weighted by atomic mass is 10.3. The predicted molar refractivity (Wildman–Crippen MR) is 73.6 cm³/mol. The number of anilines is 3. The second-order valence-corrected chi connectivity index (χ2v) is 5.38. The molecule has 0 aliphatic heterocycles. The van der Waals surface area contributed by atoms with Gasteiger partial charge in [0.25, 0.3) is 10.1 Å². The average Bonchev–Trinajstić information content (AvgIpc) is 2.37. The van der Waals surface area contributed by atoms with Crippen LogP contribution in [0.5, 0.6) is 0 Å². The molecule has 0 unspecified atom stereocenters. The summed E-state index contributed by atoms with van der Waals surface area (Å²) < 4.78 is 31.1. The number of aromatic nitrogens is 3. The molecule has 0 bridgehead atoms. The normalized spacial score (nSPS) is 10.7. The van der Waals surface area contributed by atoms with E-state index in [1.807, 2.05) is 0 Å². The first-order valence-electron chi connectivity index (χ1n) is 5.30. The van der Waals surface area contributed by atoms with Gasteiger partial charge in [0.2, 0.25) is 17.2 Å². The number of halogens is 1. The van der Waals surface area contributed by atoms with Crippen LogP contribution in [-0.2, 0) is 10.1 Å². The molecule has 2 rings (SSSR count). The van der Waals surface area contributed by atoms with E-state index in [9.17, 15) is 8.42 Å². The van der Waals surface area contributed by atoms with Gasteiger partial charge < -0.3 is 5.32 Å². The first-order chi connectivity index (χ1) is 9.88. The molecule has 108 valence electrons. The summed E-state index contributed by atoms with van der Waals surface area (Å²) >= 11 is 5.67. The topological polar surface area (TPSA) is 141 Å². The predicted octanol–water partition coefficient (Wildman–Crippen LogP) is 1.41. The molecule has 0 fully saturated rings. The zero-order chi connectivity index (χ0) is 15.5. The molecule has 0 aliphatic rings. The molecule has 21 heavy (non-hydrogen) atoms. The molecule has 0 saturated heterocycles. The lowest BCUT2D eigenvalue weighted by Crippen LogP contribution is -2.04. The summed E-state index contributed by atoms with van der Waals surface area (Å²) in [6.07, 6.45) is 1.63. The van der Waals surface area contributed by atoms with E-state index in [2.05, 4.69) is 25.6 Å². The molecule has 2 aromatic rings. The number of nitrogens with one attached hydrogen (secondary N) is 2. The SMILES string of the molecule is N#CNc1nc(Cl)nc(Nc2cccc(S(=O)(=O)O)c2)n1. The van der Waals surface area contributed by atoms with Gasteiger partial charge in [0, 0.05) is 5.69 Å². The van der Waals surface area contributed by atoms with Crippen molar-refractivity contribution in [3.63, 3.8) is 0 Å². The number of hydrogen-bond acceptors (Lipinski definition) is 8. The van der Waals surface area contributed by atoms with Crippen LogP contribution in [0.2, 0.25) is 5.28 Å². The third-order valence-corrected chi connectivity index (χ3v) is 3.18. The highest BCUT2D eigenvalue weighted by Crippen LogP contribution is 2.19. The van der Waals surface area contributed by atoms with Crippen molar-refractivity contribution in [3.8, 4) is 6.19 Å². The van der Waals surface area contributed by atoms with Gasteiger partial charge in [-0.05, 0) is 29.8 Å². The van der Waals surface area contributed by atoms with Crippen molar-refractivity contribution in [3.05, 3.63) is 29.5 Å². The van der Waals surface area contributed by atoms with Gasteiger partial charge >= 0.3 is 0 Å². The minimum absolute atomic E-state index is 0.000220. The highest BCUT2D eigenvalue weighted by atomic mass is 35.5. The maximum absolute atomic E-state index is 11.1. The molecule has 11 heteroatoms. The van der Waals surface area contributed by atoms with Crippen molar-refractivity contribution in [2.75, 3.05) is 10.6 Å². The first-order valence-corrected chi connectivity index (χ1v) is 7.11. The third kappa shape index (κ3) is 3.99. The second-order valence-electron chi connectivity index (χ2n) is 3.62. The van der Waals surface area contributed by atoms with Crippen LogP contribution in [0.4, 0.5) is 17.6 Å². The van der Waals surface area contributed by atoms with Gasteiger partial charge in [-0.1, -0.05) is 6.07 Å². The lowest BCUT2D eigenvalue weighted by molar-refractivity contribution is 0.483. The van der Waals surface area contributed by atoms with Crippen LogP contribution >= 0.6 is 11.6 Å². The molecule has 0 radical (unpaired) electrons. The van der Waals surface area contributed by atoms with Crippen molar-refractivity contribution in [1.82, 2.24) is 15.0 Å². The molecule has 9 nitrogen and oxygen atoms in total. The van der Waals surface area contributed by atoms with E-state index in [1.165, 1.54) is 24.3 Å². The van der Waals surface area contributed by atoms with Gasteiger partial charge in [-0.2, -0.15) is 28.6 Å². The van der Waals surface area contributed by atoms with E-state index in [1.54, 1.807) is 6.19 Å². The summed E-state index contributed by atoms with van der Waals surface area (Å²) in [5, 5.41) is 13.2. The lowest BCUT2D eigenvalue weighted by Gasteiger charge is -2.06. The highest BCUT2D eigenvalue weighted by Gasteiger charge is 2.11. The summed E-state index contributed by atoms with van der Waals surface area (Å²) in [5.41, 5.74) is 0.301. The third-order valence-electron chi connectivity index (χ3n) is 2.16. The minimum atomic E-state index is -4.32. The smallest absolute Gasteiger partial charge is 0.294 e. The van der Waals surface area contributed by atoms with E-state index in [0.717, 1.165) is 0 Å². The van der Waals surface area contributed by atoms with Crippen LogP contribution in [0.3, 0.4) is 0 Å². The fraction of sp³-hybridized carbons (Fsp3) is 0. The first kappa shape index (κ1) is 14.9. The Hall–Kier alpha value is -2.48. The van der Waals surface area contributed by atoms with Gasteiger partial charge in [-0.3, -0.25) is 9.87 Å². The largest absolute Gasteiger partial charge is 0.324 e. The summed E-state index contributed by atoms with van der Waals surface area (Å²) in [5.74, 6) is -0.0637. The van der Waals surface area contributed by atoms with Crippen molar-refractivity contribution >= 4 is 39.3 Å². The molecule has 3 N–H and O–H groups in total. The number of rotatable bonds is 4. The fourth-order valence-electron chi connectivity index (χ4n) is 1.38. The van der Waals surface area contributed by atoms with E-state index in [-0.39, 0.29) is 22.1 Å². The number of benzene rings is 1. The molecular formula is C10H7ClN6O3S. The Morgan fingerprint density at radius 2 is 1.95 bits per heavy atom. The van der Waals surface area contributed by atoms with E-state index < -0.39 is 10.1 Å². The number of nitriles is 1. The molecule has 0 spiro atoms. The molecular weight excluding hydrogens is 320 g/mol. The zero-order valence-electron chi connectivity index (χ0n) is 10.1. The van der Waals surface area contributed by atoms with E-state index in [4.69, 9.17) is 21.4 Å². The number of nitrogens with zero attached hydrogens (tertiary/aromatic N) is 4. The van der Waals surface area contributed by atoms with Crippen molar-refractivity contribution in [2.24, 2.45) is 0 Å². The fourth-order valence-corrected chi connectivity index (χ4v) is 2.06. The van der Waals surface area contributed by atoms with Gasteiger partial charge in [-0.15, -0.1) is 0 Å². The van der Waals surface area contributed by atoms with Crippen LogP contribution in [-0.4, -0.2) is 27.9 Å². The van der Waals surface area contributed by atoms with Crippen LogP contribution in [0.1, 0.15) is 0 Å². The Balaban J connectivity index is 2.32. The second kappa shape index (κ2) is 5.88. The Morgan fingerprint density at radius 1 is 1.24 bits per heavy atom. The summed E-state index contributed by atoms with van der Waals surface area (Å²) in [4.78, 5) is 11.0. The monoisotopic (exact) mass is 326 g/mol. The Kier molecular flexibility index (Phi) is 4.18. The Labute approximate surface area is 124 Å². The molecule has 1 aromatic heterocycles. The van der Waals surface area contributed by atoms with Crippen LogP contribution < -0.4 is 10.6 Å². The van der Waals surface area contributed by atoms with Crippen LogP contribution in [0.25, 0.3) is 0 Å². The Morgan fingerprint density at radius 3 is 2.62 bits per heavy atom. The molecule has 0 amide bonds. The Bertz CT molecular complexity index is 820. The molecule has 0 saturated carbocycles. The van der Waals surface area contributed by atoms with Crippen LogP contribution in [0, 0.1) is 11.5 Å². The highest BCUT2D eigenvalue weighted by molar-refractivity contribution is 7.85. The molecule has 0 atom stereocenters. The minimum Gasteiger partial charge on any atom is -0.324 e. The molecule has 1 aromatic carbocycles. The molecule has 1 heterocycles. The summed E-state index contributed by atoms with van der Waals surface area (Å²) in [7, 11) is -4.32. The van der Waals surface area contributed by atoms with Gasteiger partial charge in [0.1, 0.15) is 0 Å². The van der Waals surface area contributed by atoms with Crippen LogP contribution in [0.15, 0.2) is 29.2 Å². The standard InChI is InChI=1S/C10H7ClN6O3S/c11-8-15-9(13-5-12)17-10(16-8)14-6-2-1-3-7(4-6)21(18,19)20/h1-4H,(H,18,19,20)(H2,13,14,15,16,17). The zero-order valence-corrected chi connectivity index (χ0v) is 11.7. The van der Waals surface area contributed by atoms with Gasteiger partial charge in [-0.25, -0.2) is 0 Å². The maximum Gasteiger partial charge on any atom is 0.294 e. The van der Waals surface area contributed by atoms with E-state index in [0.29, 0.717) is 5.69 Å². The van der Waals surface area contributed by atoms with Gasteiger partial charge in [0.05, 0.1) is 4.90 Å². The van der Waals surface area contributed by atoms with E-state index >= 15 is 0 Å². The van der Waals surface area contributed by atoms with Crippen molar-refractivity contribution in [2.45, 2.75) is 4.90 Å². The van der Waals surface area contributed by atoms with Gasteiger partial charge in [0.15, 0.2) is 6.19 Å². The summed E-state index contributed by atoms with van der Waals surface area (Å²) in [6.45, 7) is 0. The quantitative estimate of drug-likeness (QED) is 0.432. The number of hydrogen-bond donors (Lipinski definition) is 3. The maximum atomic E-state index is 11.1.